The number of benzene rings is 1. The van der Waals surface area contributed by atoms with Gasteiger partial charge in [0.2, 0.25) is 5.91 Å². The highest BCUT2D eigenvalue weighted by Crippen LogP contribution is 2.35. The van der Waals surface area contributed by atoms with Crippen LogP contribution in [0.4, 0.5) is 0 Å². The quantitative estimate of drug-likeness (QED) is 0.404. The van der Waals surface area contributed by atoms with Crippen molar-refractivity contribution in [1.82, 2.24) is 14.9 Å². The Morgan fingerprint density at radius 2 is 1.97 bits per heavy atom. The van der Waals surface area contributed by atoms with E-state index >= 15 is 0 Å². The van der Waals surface area contributed by atoms with Gasteiger partial charge < -0.3 is 10.1 Å². The summed E-state index contributed by atoms with van der Waals surface area (Å²) in [6.45, 7) is 0. The van der Waals surface area contributed by atoms with E-state index in [9.17, 15) is 14.9 Å². The Kier molecular flexibility index (Phi) is 6.36. The minimum atomic E-state index is -0.766. The van der Waals surface area contributed by atoms with Gasteiger partial charge in [-0.2, -0.15) is 5.26 Å². The number of aromatic nitrogens is 2. The number of fused-ring (bicyclic) bond motifs is 3. The van der Waals surface area contributed by atoms with E-state index in [1.54, 1.807) is 23.0 Å². The zero-order valence-electron chi connectivity index (χ0n) is 19.1. The van der Waals surface area contributed by atoms with E-state index in [1.165, 1.54) is 16.6 Å². The largest absolute Gasteiger partial charge is 0.497 e. The Bertz CT molecular complexity index is 1330. The molecule has 7 nitrogen and oxygen atoms in total. The minimum absolute atomic E-state index is 0.0859. The van der Waals surface area contributed by atoms with Crippen molar-refractivity contribution in [3.05, 3.63) is 45.1 Å². The molecule has 0 bridgehead atoms. The molecule has 34 heavy (non-hydrogen) atoms. The van der Waals surface area contributed by atoms with Crippen molar-refractivity contribution in [3.8, 4) is 17.5 Å². The molecule has 1 amide bonds. The molecule has 1 aromatic carbocycles. The van der Waals surface area contributed by atoms with E-state index in [0.717, 1.165) is 48.9 Å². The maximum atomic E-state index is 13.8. The van der Waals surface area contributed by atoms with Gasteiger partial charge in [0.25, 0.3) is 5.56 Å². The van der Waals surface area contributed by atoms with E-state index < -0.39 is 5.54 Å². The number of hydrogen-bond acceptors (Lipinski definition) is 7. The molecule has 1 fully saturated rings. The van der Waals surface area contributed by atoms with Crippen LogP contribution in [0.3, 0.4) is 0 Å². The van der Waals surface area contributed by atoms with Crippen LogP contribution in [0.2, 0.25) is 0 Å². The zero-order chi connectivity index (χ0) is 23.7. The first kappa shape index (κ1) is 22.9. The normalized spacial score (nSPS) is 16.7. The van der Waals surface area contributed by atoms with E-state index in [4.69, 9.17) is 9.72 Å². The second-order valence-corrected chi connectivity index (χ2v) is 10.9. The monoisotopic (exact) mass is 494 g/mol. The van der Waals surface area contributed by atoms with Crippen molar-refractivity contribution >= 4 is 39.2 Å². The van der Waals surface area contributed by atoms with Crippen LogP contribution in [-0.4, -0.2) is 33.9 Å². The summed E-state index contributed by atoms with van der Waals surface area (Å²) < 4.78 is 6.88. The molecular formula is C25H26N4O3S2. The lowest BCUT2D eigenvalue weighted by atomic mass is 9.97. The molecule has 0 spiro atoms. The Morgan fingerprint density at radius 3 is 2.68 bits per heavy atom. The number of nitriles is 1. The van der Waals surface area contributed by atoms with Gasteiger partial charge in [-0.3, -0.25) is 14.2 Å². The van der Waals surface area contributed by atoms with Crippen LogP contribution in [-0.2, 0) is 17.6 Å². The summed E-state index contributed by atoms with van der Waals surface area (Å²) in [5.41, 5.74) is 0.958. The van der Waals surface area contributed by atoms with Crippen LogP contribution >= 0.6 is 23.1 Å². The summed E-state index contributed by atoms with van der Waals surface area (Å²) in [5.74, 6) is 0.572. The van der Waals surface area contributed by atoms with Crippen LogP contribution < -0.4 is 15.6 Å². The van der Waals surface area contributed by atoms with Crippen molar-refractivity contribution in [3.63, 3.8) is 0 Å². The lowest BCUT2D eigenvalue weighted by Crippen LogP contribution is -2.45. The number of rotatable bonds is 6. The van der Waals surface area contributed by atoms with Gasteiger partial charge in [-0.1, -0.05) is 11.8 Å². The summed E-state index contributed by atoms with van der Waals surface area (Å²) >= 11 is 2.83. The van der Waals surface area contributed by atoms with E-state index in [-0.39, 0.29) is 17.2 Å². The number of carbonyl (C=O) groups excluding carboxylic acids is 1. The number of nitrogens with one attached hydrogen (secondary N) is 1. The summed E-state index contributed by atoms with van der Waals surface area (Å²) in [6, 6.07) is 9.58. The molecule has 0 radical (unpaired) electrons. The van der Waals surface area contributed by atoms with E-state index in [2.05, 4.69) is 11.4 Å². The first-order valence-corrected chi connectivity index (χ1v) is 13.4. The number of nitrogens with zero attached hydrogens (tertiary/aromatic N) is 3. The maximum Gasteiger partial charge on any atom is 0.267 e. The highest BCUT2D eigenvalue weighted by atomic mass is 32.2. The first-order valence-electron chi connectivity index (χ1n) is 11.6. The molecule has 2 heterocycles. The van der Waals surface area contributed by atoms with Crippen LogP contribution in [0, 0.1) is 11.3 Å². The molecule has 1 N–H and O–H groups in total. The number of thioether (sulfide) groups is 1. The van der Waals surface area contributed by atoms with Crippen molar-refractivity contribution in [2.75, 3.05) is 12.9 Å². The van der Waals surface area contributed by atoms with Crippen LogP contribution in [0.5, 0.6) is 5.75 Å². The van der Waals surface area contributed by atoms with Gasteiger partial charge >= 0.3 is 0 Å². The Morgan fingerprint density at radius 1 is 1.24 bits per heavy atom. The van der Waals surface area contributed by atoms with Gasteiger partial charge in [0.05, 0.1) is 30.0 Å². The van der Waals surface area contributed by atoms with Gasteiger partial charge in [0, 0.05) is 4.88 Å². The SMILES string of the molecule is COc1ccc(-n2c(SCC(=O)NC3(C#N)CCCC3)nc3sc4c(c3c2=O)CCCC4)cc1. The minimum Gasteiger partial charge on any atom is -0.497 e. The zero-order valence-corrected chi connectivity index (χ0v) is 20.7. The number of carbonyl (C=O) groups is 1. The lowest BCUT2D eigenvalue weighted by molar-refractivity contribution is -0.119. The fraction of sp³-hybridized carbons (Fsp3) is 0.440. The Labute approximate surface area is 206 Å². The summed E-state index contributed by atoms with van der Waals surface area (Å²) in [6.07, 6.45) is 7.36. The number of amides is 1. The summed E-state index contributed by atoms with van der Waals surface area (Å²) in [7, 11) is 1.60. The van der Waals surface area contributed by atoms with Crippen LogP contribution in [0.1, 0.15) is 49.0 Å². The highest BCUT2D eigenvalue weighted by molar-refractivity contribution is 7.99. The predicted molar refractivity (Wildman–Crippen MR) is 134 cm³/mol. The molecule has 5 rings (SSSR count). The number of hydrogen-bond donors (Lipinski definition) is 1. The third-order valence-electron chi connectivity index (χ3n) is 6.67. The number of thiophene rings is 1. The van der Waals surface area contributed by atoms with E-state index in [0.29, 0.717) is 34.8 Å². The number of ether oxygens (including phenoxy) is 1. The van der Waals surface area contributed by atoms with Crippen molar-refractivity contribution in [2.45, 2.75) is 62.1 Å². The van der Waals surface area contributed by atoms with E-state index in [1.807, 2.05) is 24.3 Å². The smallest absolute Gasteiger partial charge is 0.267 e. The molecule has 0 saturated heterocycles. The third kappa shape index (κ3) is 4.21. The molecule has 0 atom stereocenters. The summed E-state index contributed by atoms with van der Waals surface area (Å²) in [5, 5.41) is 13.7. The third-order valence-corrected chi connectivity index (χ3v) is 8.80. The molecule has 1 saturated carbocycles. The molecule has 176 valence electrons. The van der Waals surface area contributed by atoms with Crippen molar-refractivity contribution < 1.29 is 9.53 Å². The molecule has 3 aromatic rings. The first-order chi connectivity index (χ1) is 16.5. The molecule has 2 aliphatic rings. The Balaban J connectivity index is 1.52. The standard InChI is InChI=1S/C25H26N4O3S2/c1-32-17-10-8-16(9-11-17)29-23(31)21-18-6-2-3-7-19(18)34-22(21)27-24(29)33-14-20(30)28-25(15-26)12-4-5-13-25/h8-11H,2-7,12-14H2,1H3,(H,28,30). The fourth-order valence-electron chi connectivity index (χ4n) is 4.92. The van der Waals surface area contributed by atoms with Crippen LogP contribution in [0.15, 0.2) is 34.2 Å². The molecule has 9 heteroatoms. The molecule has 0 unspecified atom stereocenters. The van der Waals surface area contributed by atoms with Gasteiger partial charge in [0.1, 0.15) is 16.1 Å². The maximum absolute atomic E-state index is 13.8. The van der Waals surface area contributed by atoms with Gasteiger partial charge in [0.15, 0.2) is 5.16 Å². The van der Waals surface area contributed by atoms with Crippen molar-refractivity contribution in [1.29, 1.82) is 5.26 Å². The average Bonchev–Trinajstić information content (AvgIpc) is 3.48. The lowest BCUT2D eigenvalue weighted by Gasteiger charge is -2.22. The summed E-state index contributed by atoms with van der Waals surface area (Å²) in [4.78, 5) is 33.4. The highest BCUT2D eigenvalue weighted by Gasteiger charge is 2.35. The predicted octanol–water partition coefficient (Wildman–Crippen LogP) is 4.38. The number of aryl methyl sites for hydroxylation is 2. The molecular weight excluding hydrogens is 468 g/mol. The second kappa shape index (κ2) is 9.43. The topological polar surface area (TPSA) is 97.0 Å². The molecule has 2 aromatic heterocycles. The van der Waals surface area contributed by atoms with Gasteiger partial charge in [-0.05, 0) is 81.2 Å². The van der Waals surface area contributed by atoms with Gasteiger partial charge in [-0.15, -0.1) is 11.3 Å². The second-order valence-electron chi connectivity index (χ2n) is 8.86. The molecule has 2 aliphatic carbocycles. The fourth-order valence-corrected chi connectivity index (χ4v) is 7.03. The van der Waals surface area contributed by atoms with Crippen molar-refractivity contribution in [2.24, 2.45) is 0 Å². The molecule has 0 aliphatic heterocycles. The number of methoxy groups -OCH3 is 1. The van der Waals surface area contributed by atoms with Crippen LogP contribution in [0.25, 0.3) is 15.9 Å². The van der Waals surface area contributed by atoms with Gasteiger partial charge in [-0.25, -0.2) is 4.98 Å². The average molecular weight is 495 g/mol. The Hall–Kier alpha value is -2.83.